The minimum Gasteiger partial charge on any atom is -0.617 e. The minimum atomic E-state index is -3.40. The molecule has 0 spiro atoms. The van der Waals surface area contributed by atoms with Crippen molar-refractivity contribution in [1.29, 1.82) is 0 Å². The van der Waals surface area contributed by atoms with Crippen LogP contribution in [0, 0.1) is 5.21 Å². The summed E-state index contributed by atoms with van der Waals surface area (Å²) in [7, 11) is -1.83. The van der Waals surface area contributed by atoms with Crippen molar-refractivity contribution in [2.45, 2.75) is 26.2 Å². The number of anilines is 2. The number of ether oxygens (including phenoxy) is 1. The predicted octanol–water partition coefficient (Wildman–Crippen LogP) is 3.55. The van der Waals surface area contributed by atoms with Gasteiger partial charge in [0.15, 0.2) is 0 Å². The first-order valence-electron chi connectivity index (χ1n) is 11.1. The van der Waals surface area contributed by atoms with Crippen molar-refractivity contribution < 1.29 is 27.8 Å². The zero-order valence-electron chi connectivity index (χ0n) is 20.6. The molecule has 2 N–H and O–H groups in total. The van der Waals surface area contributed by atoms with Gasteiger partial charge in [-0.15, -0.1) is 0 Å². The van der Waals surface area contributed by atoms with Crippen LogP contribution >= 0.6 is 0 Å². The van der Waals surface area contributed by atoms with Crippen molar-refractivity contribution >= 4 is 44.1 Å². The van der Waals surface area contributed by atoms with Crippen molar-refractivity contribution in [3.63, 3.8) is 0 Å². The third-order valence-electron chi connectivity index (χ3n) is 5.83. The zero-order chi connectivity index (χ0) is 26.4. The fraction of sp³-hybridized carbons (Fsp3) is 0.231. The Hall–Kier alpha value is -3.73. The number of nitrogens with zero attached hydrogens (tertiary/aromatic N) is 1. The molecule has 0 aliphatic carbocycles. The van der Waals surface area contributed by atoms with Crippen LogP contribution in [0.4, 0.5) is 16.2 Å². The number of hydroxylamine groups is 2. The van der Waals surface area contributed by atoms with Crippen LogP contribution in [0.15, 0.2) is 60.8 Å². The maximum atomic E-state index is 12.6. The highest BCUT2D eigenvalue weighted by Crippen LogP contribution is 2.43. The van der Waals surface area contributed by atoms with Crippen molar-refractivity contribution in [1.82, 2.24) is 0 Å². The molecule has 3 amide bonds. The lowest BCUT2D eigenvalue weighted by Gasteiger charge is -2.30. The summed E-state index contributed by atoms with van der Waals surface area (Å²) >= 11 is 0. The fourth-order valence-electron chi connectivity index (χ4n) is 4.14. The first kappa shape index (κ1) is 25.4. The molecule has 0 bridgehead atoms. The molecule has 0 saturated heterocycles. The molecule has 4 rings (SSSR count). The van der Waals surface area contributed by atoms with Gasteiger partial charge in [0.1, 0.15) is 5.75 Å². The number of carbonyl (C=O) groups excluding carboxylic acids is 2. The summed E-state index contributed by atoms with van der Waals surface area (Å²) in [5, 5.41) is 12.7. The summed E-state index contributed by atoms with van der Waals surface area (Å²) in [6, 6.07) is 13.6. The number of urea groups is 1. The number of methoxy groups -OCH3 is 1. The summed E-state index contributed by atoms with van der Waals surface area (Å²) in [5.74, 6) is -0.225. The standard InChI is InChI=1S/C26H27N3O6S/c1-26(2,3)22-15-20(28-11-10-23(30)29(32)25(28)31)14-21(24(22)35-4)18-7-6-17-13-19(27-36(5,33)34)9-8-16(17)12-18/h6-15,27,29H,1-5H3. The Morgan fingerprint density at radius 3 is 2.31 bits per heavy atom. The number of sulfonamides is 1. The number of nitrogens with one attached hydrogen (secondary N) is 2. The molecule has 10 heteroatoms. The van der Waals surface area contributed by atoms with E-state index < -0.39 is 27.0 Å². The molecule has 9 nitrogen and oxygen atoms in total. The van der Waals surface area contributed by atoms with Crippen LogP contribution in [0.1, 0.15) is 26.3 Å². The Labute approximate surface area is 209 Å². The van der Waals surface area contributed by atoms with Crippen molar-refractivity contribution in [3.8, 4) is 16.9 Å². The van der Waals surface area contributed by atoms with Crippen molar-refractivity contribution in [2.24, 2.45) is 0 Å². The highest BCUT2D eigenvalue weighted by molar-refractivity contribution is 7.92. The number of rotatable bonds is 5. The number of hydrogen-bond donors (Lipinski definition) is 2. The lowest BCUT2D eigenvalue weighted by molar-refractivity contribution is -0.667. The van der Waals surface area contributed by atoms with Gasteiger partial charge in [-0.25, -0.2) is 28.0 Å². The molecule has 0 fully saturated rings. The molecule has 36 heavy (non-hydrogen) atoms. The average molecular weight is 510 g/mol. The van der Waals surface area contributed by atoms with Gasteiger partial charge >= 0.3 is 11.9 Å². The molecular weight excluding hydrogens is 482 g/mol. The van der Waals surface area contributed by atoms with E-state index in [0.29, 0.717) is 22.7 Å². The Morgan fingerprint density at radius 2 is 1.67 bits per heavy atom. The lowest BCUT2D eigenvalue weighted by atomic mass is 9.83. The summed E-state index contributed by atoms with van der Waals surface area (Å²) in [6.45, 7) is 6.03. The van der Waals surface area contributed by atoms with E-state index in [9.17, 15) is 23.2 Å². The van der Waals surface area contributed by atoms with E-state index in [-0.39, 0.29) is 5.41 Å². The van der Waals surface area contributed by atoms with E-state index >= 15 is 0 Å². The number of quaternary nitrogens is 1. The molecule has 1 atom stereocenters. The fourth-order valence-corrected chi connectivity index (χ4v) is 4.69. The predicted molar refractivity (Wildman–Crippen MR) is 139 cm³/mol. The van der Waals surface area contributed by atoms with E-state index in [1.807, 2.05) is 45.0 Å². The topological polar surface area (TPSA) is 120 Å². The zero-order valence-corrected chi connectivity index (χ0v) is 21.4. The second-order valence-corrected chi connectivity index (χ2v) is 11.4. The van der Waals surface area contributed by atoms with Gasteiger partial charge in [-0.2, -0.15) is 0 Å². The third kappa shape index (κ3) is 4.97. The molecule has 3 aromatic carbocycles. The van der Waals surface area contributed by atoms with E-state index in [2.05, 4.69) is 4.72 Å². The van der Waals surface area contributed by atoms with Crippen LogP contribution in [-0.2, 0) is 20.2 Å². The van der Waals surface area contributed by atoms with Gasteiger partial charge in [-0.1, -0.05) is 39.0 Å². The normalized spacial score (nSPS) is 16.5. The largest absolute Gasteiger partial charge is 0.617 e. The van der Waals surface area contributed by atoms with Gasteiger partial charge in [0.2, 0.25) is 10.0 Å². The molecular formula is C26H27N3O6S. The quantitative estimate of drug-likeness (QED) is 0.508. The first-order chi connectivity index (χ1) is 16.8. The van der Waals surface area contributed by atoms with E-state index in [1.54, 1.807) is 31.4 Å². The Morgan fingerprint density at radius 1 is 1.00 bits per heavy atom. The van der Waals surface area contributed by atoms with Crippen LogP contribution in [0.5, 0.6) is 5.75 Å². The summed E-state index contributed by atoms with van der Waals surface area (Å²) < 4.78 is 31.5. The SMILES string of the molecule is COc1c(-c2ccc3cc(NS(C)(=O)=O)ccc3c2)cc(N2C=CC(=O)[NH+]([O-])C2=O)cc1C(C)(C)C. The van der Waals surface area contributed by atoms with Crippen LogP contribution < -0.4 is 19.4 Å². The summed E-state index contributed by atoms with van der Waals surface area (Å²) in [6.07, 6.45) is 3.49. The van der Waals surface area contributed by atoms with Gasteiger partial charge in [-0.05, 0) is 52.1 Å². The average Bonchev–Trinajstić information content (AvgIpc) is 2.80. The second kappa shape index (κ2) is 9.05. The van der Waals surface area contributed by atoms with Crippen LogP contribution in [0.3, 0.4) is 0 Å². The van der Waals surface area contributed by atoms with Crippen LogP contribution in [0.25, 0.3) is 21.9 Å². The van der Waals surface area contributed by atoms with E-state index in [4.69, 9.17) is 4.74 Å². The molecule has 1 unspecified atom stereocenters. The van der Waals surface area contributed by atoms with Gasteiger partial charge in [0, 0.05) is 23.0 Å². The van der Waals surface area contributed by atoms with E-state index in [0.717, 1.165) is 34.2 Å². The Balaban J connectivity index is 1.90. The highest BCUT2D eigenvalue weighted by atomic mass is 32.2. The van der Waals surface area contributed by atoms with Gasteiger partial charge in [0.25, 0.3) is 0 Å². The summed E-state index contributed by atoms with van der Waals surface area (Å²) in [4.78, 5) is 25.5. The molecule has 0 saturated carbocycles. The number of imide groups is 1. The second-order valence-electron chi connectivity index (χ2n) is 9.66. The Bertz CT molecular complexity index is 1520. The lowest BCUT2D eigenvalue weighted by Crippen LogP contribution is -3.14. The molecule has 1 aliphatic heterocycles. The molecule has 1 aliphatic rings. The van der Waals surface area contributed by atoms with Crippen molar-refractivity contribution in [2.75, 3.05) is 23.0 Å². The van der Waals surface area contributed by atoms with Gasteiger partial charge < -0.3 is 9.94 Å². The smallest absolute Gasteiger partial charge is 0.433 e. The number of amides is 3. The Kier molecular flexibility index (Phi) is 6.38. The van der Waals surface area contributed by atoms with Crippen LogP contribution in [-0.4, -0.2) is 33.7 Å². The van der Waals surface area contributed by atoms with Gasteiger partial charge in [-0.3, -0.25) is 4.72 Å². The maximum Gasteiger partial charge on any atom is 0.433 e. The molecule has 188 valence electrons. The molecule has 3 aromatic rings. The van der Waals surface area contributed by atoms with Crippen molar-refractivity contribution in [3.05, 3.63) is 71.6 Å². The number of benzene rings is 3. The third-order valence-corrected chi connectivity index (χ3v) is 6.44. The first-order valence-corrected chi connectivity index (χ1v) is 13.0. The van der Waals surface area contributed by atoms with E-state index in [1.165, 1.54) is 11.1 Å². The minimum absolute atomic E-state index is 0.373. The number of hydrogen-bond acceptors (Lipinski definition) is 6. The number of fused-ring (bicyclic) bond motifs is 1. The van der Waals surface area contributed by atoms with Crippen LogP contribution in [0.2, 0.25) is 0 Å². The molecule has 0 aromatic heterocycles. The number of carbonyl (C=O) groups is 2. The highest BCUT2D eigenvalue weighted by Gasteiger charge is 2.32. The maximum absolute atomic E-state index is 12.6. The molecule has 1 heterocycles. The molecule has 0 radical (unpaired) electrons. The monoisotopic (exact) mass is 509 g/mol. The van der Waals surface area contributed by atoms with Gasteiger partial charge in [0.05, 0.1) is 25.1 Å². The summed E-state index contributed by atoms with van der Waals surface area (Å²) in [5.41, 5.74) is 2.84.